The Balaban J connectivity index is 1.65. The number of carbonyl (C=O) groups is 1. The Kier molecular flexibility index (Phi) is 5.05. The van der Waals surface area contributed by atoms with Crippen molar-refractivity contribution >= 4 is 11.7 Å². The predicted molar refractivity (Wildman–Crippen MR) is 93.5 cm³/mol. The molecule has 0 bridgehead atoms. The SMILES string of the molecule is Cc1ccc(C(N)C(=O)N2CCCN(c3cccnn3)CC2)cc1. The first-order valence-electron chi connectivity index (χ1n) is 8.29. The zero-order chi connectivity index (χ0) is 16.9. The van der Waals surface area contributed by atoms with Gasteiger partial charge in [0.2, 0.25) is 5.91 Å². The molecule has 2 heterocycles. The molecule has 1 aromatic heterocycles. The lowest BCUT2D eigenvalue weighted by molar-refractivity contribution is -0.132. The average Bonchev–Trinajstić information content (AvgIpc) is 2.88. The first-order valence-corrected chi connectivity index (χ1v) is 8.29. The third-order valence-electron chi connectivity index (χ3n) is 4.39. The molecule has 3 rings (SSSR count). The molecule has 1 unspecified atom stereocenters. The number of anilines is 1. The normalized spacial score (nSPS) is 16.6. The molecule has 1 amide bonds. The van der Waals surface area contributed by atoms with E-state index in [-0.39, 0.29) is 5.91 Å². The molecular formula is C18H23N5O. The Morgan fingerprint density at radius 1 is 1.12 bits per heavy atom. The van der Waals surface area contributed by atoms with Crippen molar-refractivity contribution in [2.24, 2.45) is 5.73 Å². The van der Waals surface area contributed by atoms with Gasteiger partial charge in [-0.05, 0) is 31.0 Å². The molecule has 0 radical (unpaired) electrons. The number of amides is 1. The third kappa shape index (κ3) is 3.71. The molecule has 0 aliphatic carbocycles. The minimum atomic E-state index is -0.603. The van der Waals surface area contributed by atoms with Crippen LogP contribution in [0.1, 0.15) is 23.6 Å². The second-order valence-corrected chi connectivity index (χ2v) is 6.14. The minimum Gasteiger partial charge on any atom is -0.353 e. The van der Waals surface area contributed by atoms with Crippen LogP contribution in [0.3, 0.4) is 0 Å². The van der Waals surface area contributed by atoms with Crippen LogP contribution in [0.4, 0.5) is 5.82 Å². The van der Waals surface area contributed by atoms with Gasteiger partial charge in [0, 0.05) is 32.4 Å². The highest BCUT2D eigenvalue weighted by Crippen LogP contribution is 2.17. The van der Waals surface area contributed by atoms with Gasteiger partial charge in [-0.25, -0.2) is 0 Å². The van der Waals surface area contributed by atoms with Crippen LogP contribution in [0.25, 0.3) is 0 Å². The molecule has 2 aromatic rings. The van der Waals surface area contributed by atoms with Gasteiger partial charge in [0.1, 0.15) is 6.04 Å². The third-order valence-corrected chi connectivity index (χ3v) is 4.39. The molecule has 1 fully saturated rings. The number of carbonyl (C=O) groups excluding carboxylic acids is 1. The Hall–Kier alpha value is -2.47. The zero-order valence-corrected chi connectivity index (χ0v) is 13.9. The van der Waals surface area contributed by atoms with E-state index in [2.05, 4.69) is 15.1 Å². The van der Waals surface area contributed by atoms with Gasteiger partial charge < -0.3 is 15.5 Å². The van der Waals surface area contributed by atoms with Crippen LogP contribution in [-0.2, 0) is 4.79 Å². The van der Waals surface area contributed by atoms with Crippen molar-refractivity contribution < 1.29 is 4.79 Å². The lowest BCUT2D eigenvalue weighted by Crippen LogP contribution is -2.40. The number of hydrogen-bond acceptors (Lipinski definition) is 5. The van der Waals surface area contributed by atoms with Crippen molar-refractivity contribution in [3.8, 4) is 0 Å². The van der Waals surface area contributed by atoms with Gasteiger partial charge in [0.25, 0.3) is 0 Å². The van der Waals surface area contributed by atoms with E-state index in [0.717, 1.165) is 43.0 Å². The van der Waals surface area contributed by atoms with E-state index in [1.165, 1.54) is 0 Å². The van der Waals surface area contributed by atoms with Crippen molar-refractivity contribution in [1.82, 2.24) is 15.1 Å². The van der Waals surface area contributed by atoms with E-state index in [1.54, 1.807) is 6.20 Å². The summed E-state index contributed by atoms with van der Waals surface area (Å²) in [4.78, 5) is 16.8. The van der Waals surface area contributed by atoms with Crippen LogP contribution in [0.5, 0.6) is 0 Å². The zero-order valence-electron chi connectivity index (χ0n) is 13.9. The summed E-state index contributed by atoms with van der Waals surface area (Å²) < 4.78 is 0. The number of nitrogens with zero attached hydrogens (tertiary/aromatic N) is 4. The van der Waals surface area contributed by atoms with Gasteiger partial charge in [-0.2, -0.15) is 5.10 Å². The Bertz CT molecular complexity index is 674. The fourth-order valence-electron chi connectivity index (χ4n) is 2.94. The summed E-state index contributed by atoms with van der Waals surface area (Å²) in [6.07, 6.45) is 2.56. The quantitative estimate of drug-likeness (QED) is 0.926. The number of nitrogens with two attached hydrogens (primary N) is 1. The van der Waals surface area contributed by atoms with Gasteiger partial charge in [0.05, 0.1) is 0 Å². The molecule has 2 N–H and O–H groups in total. The second kappa shape index (κ2) is 7.40. The summed E-state index contributed by atoms with van der Waals surface area (Å²) in [5.41, 5.74) is 8.21. The van der Waals surface area contributed by atoms with Crippen molar-refractivity contribution in [3.05, 3.63) is 53.7 Å². The molecule has 0 spiro atoms. The lowest BCUT2D eigenvalue weighted by atomic mass is 10.0. The molecule has 6 heteroatoms. The molecule has 1 saturated heterocycles. The topological polar surface area (TPSA) is 75.4 Å². The summed E-state index contributed by atoms with van der Waals surface area (Å²) in [5.74, 6) is 0.842. The van der Waals surface area contributed by atoms with Gasteiger partial charge in [-0.1, -0.05) is 29.8 Å². The van der Waals surface area contributed by atoms with E-state index >= 15 is 0 Å². The molecule has 1 aliphatic heterocycles. The van der Waals surface area contributed by atoms with Crippen LogP contribution in [0, 0.1) is 6.92 Å². The van der Waals surface area contributed by atoms with Crippen molar-refractivity contribution in [2.45, 2.75) is 19.4 Å². The highest BCUT2D eigenvalue weighted by molar-refractivity contribution is 5.83. The molecule has 1 aliphatic rings. The Morgan fingerprint density at radius 2 is 1.92 bits per heavy atom. The predicted octanol–water partition coefficient (Wildman–Crippen LogP) is 1.52. The van der Waals surface area contributed by atoms with E-state index < -0.39 is 6.04 Å². The maximum Gasteiger partial charge on any atom is 0.244 e. The van der Waals surface area contributed by atoms with Crippen molar-refractivity contribution in [3.63, 3.8) is 0 Å². The van der Waals surface area contributed by atoms with Gasteiger partial charge in [-0.15, -0.1) is 5.10 Å². The Morgan fingerprint density at radius 3 is 2.62 bits per heavy atom. The largest absolute Gasteiger partial charge is 0.353 e. The fraction of sp³-hybridized carbons (Fsp3) is 0.389. The van der Waals surface area contributed by atoms with Gasteiger partial charge in [0.15, 0.2) is 5.82 Å². The summed E-state index contributed by atoms with van der Waals surface area (Å²) in [6.45, 7) is 4.99. The van der Waals surface area contributed by atoms with Crippen LogP contribution < -0.4 is 10.6 Å². The number of benzene rings is 1. The van der Waals surface area contributed by atoms with Crippen LogP contribution >= 0.6 is 0 Å². The van der Waals surface area contributed by atoms with E-state index in [0.29, 0.717) is 6.54 Å². The molecule has 6 nitrogen and oxygen atoms in total. The first-order chi connectivity index (χ1) is 11.6. The smallest absolute Gasteiger partial charge is 0.244 e. The lowest BCUT2D eigenvalue weighted by Gasteiger charge is -2.25. The maximum atomic E-state index is 12.7. The maximum absolute atomic E-state index is 12.7. The summed E-state index contributed by atoms with van der Waals surface area (Å²) in [5, 5.41) is 8.08. The summed E-state index contributed by atoms with van der Waals surface area (Å²) >= 11 is 0. The molecular weight excluding hydrogens is 302 g/mol. The highest BCUT2D eigenvalue weighted by Gasteiger charge is 2.25. The Labute approximate surface area is 142 Å². The number of hydrogen-bond donors (Lipinski definition) is 1. The molecule has 24 heavy (non-hydrogen) atoms. The van der Waals surface area contributed by atoms with E-state index in [1.807, 2.05) is 48.2 Å². The molecule has 0 saturated carbocycles. The van der Waals surface area contributed by atoms with E-state index in [9.17, 15) is 4.79 Å². The number of rotatable bonds is 3. The fourth-order valence-corrected chi connectivity index (χ4v) is 2.94. The van der Waals surface area contributed by atoms with Crippen LogP contribution in [0.2, 0.25) is 0 Å². The van der Waals surface area contributed by atoms with Gasteiger partial charge in [-0.3, -0.25) is 4.79 Å². The van der Waals surface area contributed by atoms with Crippen molar-refractivity contribution in [2.75, 3.05) is 31.1 Å². The van der Waals surface area contributed by atoms with Gasteiger partial charge >= 0.3 is 0 Å². The molecule has 126 valence electrons. The monoisotopic (exact) mass is 325 g/mol. The highest BCUT2D eigenvalue weighted by atomic mass is 16.2. The summed E-state index contributed by atoms with van der Waals surface area (Å²) in [7, 11) is 0. The number of aryl methyl sites for hydroxylation is 1. The number of aromatic nitrogens is 2. The van der Waals surface area contributed by atoms with Crippen molar-refractivity contribution in [1.29, 1.82) is 0 Å². The van der Waals surface area contributed by atoms with E-state index in [4.69, 9.17) is 5.73 Å². The average molecular weight is 325 g/mol. The standard InChI is InChI=1S/C18H23N5O/c1-14-5-7-15(8-6-14)17(19)18(24)23-11-3-10-22(12-13-23)16-4-2-9-20-21-16/h2,4-9,17H,3,10-13,19H2,1H3. The van der Waals surface area contributed by atoms with Crippen LogP contribution in [-0.4, -0.2) is 47.2 Å². The first kappa shape index (κ1) is 16.4. The molecule has 1 aromatic carbocycles. The minimum absolute atomic E-state index is 0.0140. The second-order valence-electron chi connectivity index (χ2n) is 6.14. The van der Waals surface area contributed by atoms with Crippen LogP contribution in [0.15, 0.2) is 42.6 Å². The molecule has 1 atom stereocenters. The summed E-state index contributed by atoms with van der Waals surface area (Å²) in [6, 6.07) is 11.1.